The lowest BCUT2D eigenvalue weighted by molar-refractivity contribution is -0.151. The fourth-order valence-electron chi connectivity index (χ4n) is 3.41. The number of hydrogen-bond acceptors (Lipinski definition) is 3. The fourth-order valence-corrected chi connectivity index (χ4v) is 3.41. The number of benzene rings is 1. The van der Waals surface area contributed by atoms with Gasteiger partial charge in [0.05, 0.1) is 11.0 Å². The highest BCUT2D eigenvalue weighted by Gasteiger charge is 2.23. The van der Waals surface area contributed by atoms with Gasteiger partial charge in [-0.3, -0.25) is 4.79 Å². The smallest absolute Gasteiger partial charge is 0.326 e. The maximum absolute atomic E-state index is 12.3. The number of nitrogens with zero attached hydrogens (tertiary/aromatic N) is 2. The van der Waals surface area contributed by atoms with Gasteiger partial charge in [0.25, 0.3) is 0 Å². The van der Waals surface area contributed by atoms with Crippen molar-refractivity contribution < 1.29 is 9.53 Å². The largest absolute Gasteiger partial charge is 0.461 e. The van der Waals surface area contributed by atoms with E-state index in [0.29, 0.717) is 5.92 Å². The molecular formula is C18H24N2O2. The molecule has 1 aromatic carbocycles. The Hall–Kier alpha value is -1.84. The van der Waals surface area contributed by atoms with Crippen LogP contribution in [0.1, 0.15) is 45.4 Å². The minimum atomic E-state index is -0.142. The van der Waals surface area contributed by atoms with Crippen LogP contribution in [0.25, 0.3) is 11.0 Å². The molecule has 1 aromatic heterocycles. The zero-order valence-electron chi connectivity index (χ0n) is 13.4. The predicted octanol–water partition coefficient (Wildman–Crippen LogP) is 3.72. The van der Waals surface area contributed by atoms with Crippen molar-refractivity contribution in [1.82, 2.24) is 9.55 Å². The van der Waals surface area contributed by atoms with E-state index in [1.165, 1.54) is 6.42 Å². The van der Waals surface area contributed by atoms with Crippen LogP contribution in [0.15, 0.2) is 24.3 Å². The molecule has 0 amide bonds. The van der Waals surface area contributed by atoms with Crippen LogP contribution in [0, 0.1) is 5.92 Å². The van der Waals surface area contributed by atoms with Crippen LogP contribution in [0.5, 0.6) is 0 Å². The van der Waals surface area contributed by atoms with Crippen LogP contribution in [0.3, 0.4) is 0 Å². The van der Waals surface area contributed by atoms with Gasteiger partial charge in [0.15, 0.2) is 0 Å². The zero-order chi connectivity index (χ0) is 15.5. The third kappa shape index (κ3) is 3.16. The third-order valence-electron chi connectivity index (χ3n) is 4.52. The molecule has 0 unspecified atom stereocenters. The SMILES string of the molecule is CCc1nc2ccccc2n1CC(=O)O[C@H]1CCC[C@@H](C)C1. The summed E-state index contributed by atoms with van der Waals surface area (Å²) in [6.45, 7) is 4.55. The summed E-state index contributed by atoms with van der Waals surface area (Å²) < 4.78 is 7.69. The Morgan fingerprint density at radius 2 is 2.18 bits per heavy atom. The molecular weight excluding hydrogens is 276 g/mol. The van der Waals surface area contributed by atoms with Gasteiger partial charge in [-0.25, -0.2) is 4.98 Å². The Balaban J connectivity index is 1.73. The summed E-state index contributed by atoms with van der Waals surface area (Å²) in [5.41, 5.74) is 1.95. The molecule has 1 saturated carbocycles. The van der Waals surface area contributed by atoms with E-state index in [9.17, 15) is 4.79 Å². The van der Waals surface area contributed by atoms with Gasteiger partial charge in [0, 0.05) is 6.42 Å². The van der Waals surface area contributed by atoms with Gasteiger partial charge in [0.2, 0.25) is 0 Å². The molecule has 0 radical (unpaired) electrons. The van der Waals surface area contributed by atoms with Crippen molar-refractivity contribution in [3.8, 4) is 0 Å². The molecule has 2 aromatic rings. The molecule has 0 bridgehead atoms. The first-order valence-electron chi connectivity index (χ1n) is 8.31. The second-order valence-corrected chi connectivity index (χ2v) is 6.34. The number of esters is 1. The minimum absolute atomic E-state index is 0.0936. The molecule has 22 heavy (non-hydrogen) atoms. The van der Waals surface area contributed by atoms with Gasteiger partial charge in [-0.2, -0.15) is 0 Å². The van der Waals surface area contributed by atoms with Gasteiger partial charge in [-0.05, 0) is 37.3 Å². The van der Waals surface area contributed by atoms with E-state index in [0.717, 1.165) is 42.5 Å². The number of rotatable bonds is 4. The maximum Gasteiger partial charge on any atom is 0.326 e. The van der Waals surface area contributed by atoms with E-state index in [2.05, 4.69) is 18.8 Å². The first-order chi connectivity index (χ1) is 10.7. The number of aryl methyl sites for hydroxylation is 1. The van der Waals surface area contributed by atoms with E-state index in [1.807, 2.05) is 28.8 Å². The van der Waals surface area contributed by atoms with E-state index in [-0.39, 0.29) is 18.6 Å². The number of fused-ring (bicyclic) bond motifs is 1. The lowest BCUT2D eigenvalue weighted by Crippen LogP contribution is -2.26. The zero-order valence-corrected chi connectivity index (χ0v) is 13.4. The summed E-state index contributed by atoms with van der Waals surface area (Å²) in [6, 6.07) is 7.95. The predicted molar refractivity (Wildman–Crippen MR) is 86.6 cm³/mol. The summed E-state index contributed by atoms with van der Waals surface area (Å²) in [4.78, 5) is 16.9. The number of hydrogen-bond donors (Lipinski definition) is 0. The lowest BCUT2D eigenvalue weighted by Gasteiger charge is -2.26. The second-order valence-electron chi connectivity index (χ2n) is 6.34. The van der Waals surface area contributed by atoms with Crippen molar-refractivity contribution in [3.05, 3.63) is 30.1 Å². The van der Waals surface area contributed by atoms with Crippen molar-refractivity contribution in [3.63, 3.8) is 0 Å². The molecule has 0 spiro atoms. The van der Waals surface area contributed by atoms with Crippen LogP contribution >= 0.6 is 0 Å². The van der Waals surface area contributed by atoms with Crippen molar-refractivity contribution >= 4 is 17.0 Å². The average Bonchev–Trinajstić information content (AvgIpc) is 2.85. The van der Waals surface area contributed by atoms with Crippen LogP contribution in [0.2, 0.25) is 0 Å². The van der Waals surface area contributed by atoms with E-state index < -0.39 is 0 Å². The molecule has 1 fully saturated rings. The Kier molecular flexibility index (Phi) is 4.46. The van der Waals surface area contributed by atoms with Gasteiger partial charge < -0.3 is 9.30 Å². The first kappa shape index (κ1) is 15.1. The Bertz CT molecular complexity index is 662. The molecule has 2 atom stereocenters. The number of carbonyl (C=O) groups excluding carboxylic acids is 1. The van der Waals surface area contributed by atoms with Crippen LogP contribution < -0.4 is 0 Å². The monoisotopic (exact) mass is 300 g/mol. The van der Waals surface area contributed by atoms with E-state index >= 15 is 0 Å². The molecule has 0 saturated heterocycles. The van der Waals surface area contributed by atoms with Crippen molar-refractivity contribution in [2.45, 2.75) is 58.6 Å². The van der Waals surface area contributed by atoms with Gasteiger partial charge >= 0.3 is 5.97 Å². The summed E-state index contributed by atoms with van der Waals surface area (Å²) in [5, 5.41) is 0. The van der Waals surface area contributed by atoms with Crippen LogP contribution in [-0.4, -0.2) is 21.6 Å². The molecule has 1 heterocycles. The molecule has 4 heteroatoms. The molecule has 3 rings (SSSR count). The van der Waals surface area contributed by atoms with Crippen LogP contribution in [0.4, 0.5) is 0 Å². The van der Waals surface area contributed by atoms with Gasteiger partial charge in [-0.15, -0.1) is 0 Å². The highest BCUT2D eigenvalue weighted by molar-refractivity contribution is 5.79. The lowest BCUT2D eigenvalue weighted by atomic mass is 9.89. The van der Waals surface area contributed by atoms with Crippen LogP contribution in [-0.2, 0) is 22.5 Å². The molecule has 4 nitrogen and oxygen atoms in total. The Labute approximate surface area is 131 Å². The fraction of sp³-hybridized carbons (Fsp3) is 0.556. The molecule has 1 aliphatic carbocycles. The van der Waals surface area contributed by atoms with Crippen molar-refractivity contribution in [1.29, 1.82) is 0 Å². The standard InChI is InChI=1S/C18H24N2O2/c1-3-17-19-15-9-4-5-10-16(15)20(17)12-18(21)22-14-8-6-7-13(2)11-14/h4-5,9-10,13-14H,3,6-8,11-12H2,1-2H3/t13-,14+/m1/s1. The third-order valence-corrected chi connectivity index (χ3v) is 4.52. The number of carbonyl (C=O) groups is 1. The molecule has 0 N–H and O–H groups in total. The van der Waals surface area contributed by atoms with Gasteiger partial charge in [0.1, 0.15) is 18.5 Å². The van der Waals surface area contributed by atoms with Crippen molar-refractivity contribution in [2.75, 3.05) is 0 Å². The van der Waals surface area contributed by atoms with E-state index in [1.54, 1.807) is 0 Å². The summed E-state index contributed by atoms with van der Waals surface area (Å²) >= 11 is 0. The molecule has 0 aliphatic heterocycles. The normalized spacial score (nSPS) is 21.9. The minimum Gasteiger partial charge on any atom is -0.461 e. The summed E-state index contributed by atoms with van der Waals surface area (Å²) in [6.07, 6.45) is 5.31. The second kappa shape index (κ2) is 6.51. The molecule has 118 valence electrons. The number of imidazole rings is 1. The molecule has 1 aliphatic rings. The highest BCUT2D eigenvalue weighted by Crippen LogP contribution is 2.26. The number of para-hydroxylation sites is 2. The van der Waals surface area contributed by atoms with Gasteiger partial charge in [-0.1, -0.05) is 32.4 Å². The maximum atomic E-state index is 12.3. The number of ether oxygens (including phenoxy) is 1. The summed E-state index contributed by atoms with van der Waals surface area (Å²) in [7, 11) is 0. The first-order valence-corrected chi connectivity index (χ1v) is 8.31. The number of aromatic nitrogens is 2. The average molecular weight is 300 g/mol. The topological polar surface area (TPSA) is 44.1 Å². The Morgan fingerprint density at radius 1 is 1.36 bits per heavy atom. The summed E-state index contributed by atoms with van der Waals surface area (Å²) in [5.74, 6) is 1.46. The Morgan fingerprint density at radius 3 is 2.95 bits per heavy atom. The highest BCUT2D eigenvalue weighted by atomic mass is 16.5. The van der Waals surface area contributed by atoms with Crippen molar-refractivity contribution in [2.24, 2.45) is 5.92 Å². The van der Waals surface area contributed by atoms with E-state index in [4.69, 9.17) is 4.74 Å². The quantitative estimate of drug-likeness (QED) is 0.808.